The fourth-order valence-corrected chi connectivity index (χ4v) is 10.7. The number of carboxylic acid groups (broad SMARTS) is 1. The van der Waals surface area contributed by atoms with Gasteiger partial charge >= 0.3 is 5.97 Å². The van der Waals surface area contributed by atoms with Crippen LogP contribution < -0.4 is 33.6 Å². The maximum atomic E-state index is 12.7. The van der Waals surface area contributed by atoms with Gasteiger partial charge in [0.2, 0.25) is 0 Å². The molecule has 0 aliphatic carbocycles. The molecule has 0 spiro atoms. The van der Waals surface area contributed by atoms with E-state index in [1.54, 1.807) is 91.3 Å². The summed E-state index contributed by atoms with van der Waals surface area (Å²) in [4.78, 5) is 74.5. The molecule has 25 heteroatoms. The van der Waals surface area contributed by atoms with Crippen LogP contribution in [0.3, 0.4) is 0 Å². The van der Waals surface area contributed by atoms with Crippen LogP contribution in [0.5, 0.6) is 0 Å². The molecule has 0 fully saturated rings. The smallest absolute Gasteiger partial charge is 0.335 e. The van der Waals surface area contributed by atoms with Gasteiger partial charge in [0.25, 0.3) is 11.8 Å². The Morgan fingerprint density at radius 1 is 0.449 bits per heavy atom. The average molecular weight is 1360 g/mol. The van der Waals surface area contributed by atoms with Crippen molar-refractivity contribution in [2.75, 3.05) is 17.2 Å². The van der Waals surface area contributed by atoms with Crippen molar-refractivity contribution < 1.29 is 19.5 Å². The third-order valence-corrected chi connectivity index (χ3v) is 15.5. The number of pyridine rings is 9. The molecule has 0 radical (unpaired) electrons. The Labute approximate surface area is 579 Å². The number of aryl methyl sites for hydroxylation is 3. The SMILES string of the molecule is C.Cc1nc(N)ccc1CN.Cc1nc(N)ccc1CNC(=O)c1ccnc(Cc2cc(C#N)c3ncc(Cl)cc3c2)c1.Cc1nc(N)ccc1CNC(=O)c1ccnc(Cc2cc(C#N)c3ncc(Cl)cc3c2)c1.N#Cc1cc(Cc2cc(C(=O)O)ccn2)cc2cc(Cl)cnc12. The van der Waals surface area contributed by atoms with Crippen molar-refractivity contribution in [3.63, 3.8) is 0 Å². The summed E-state index contributed by atoms with van der Waals surface area (Å²) in [7, 11) is 0. The van der Waals surface area contributed by atoms with Crippen LogP contribution in [0, 0.1) is 54.8 Å². The zero-order chi connectivity index (χ0) is 69.3. The van der Waals surface area contributed by atoms with Crippen molar-refractivity contribution in [1.82, 2.24) is 55.5 Å². The first-order valence-electron chi connectivity index (χ1n) is 29.6. The number of halogens is 3. The van der Waals surface area contributed by atoms with Gasteiger partial charge in [-0.25, -0.2) is 19.7 Å². The van der Waals surface area contributed by atoms with Gasteiger partial charge in [-0.15, -0.1) is 0 Å². The molecule has 12 rings (SSSR count). The molecule has 0 unspecified atom stereocenters. The summed E-state index contributed by atoms with van der Waals surface area (Å²) in [5, 5.41) is 47.0. The Bertz CT molecular complexity index is 4920. The second-order valence-corrected chi connectivity index (χ2v) is 23.2. The van der Waals surface area contributed by atoms with Crippen LogP contribution in [0.2, 0.25) is 15.1 Å². The zero-order valence-corrected chi connectivity index (χ0v) is 54.6. The number of nitrogens with two attached hydrogens (primary N) is 4. The van der Waals surface area contributed by atoms with Gasteiger partial charge < -0.3 is 38.7 Å². The lowest BCUT2D eigenvalue weighted by molar-refractivity contribution is 0.0696. The van der Waals surface area contributed by atoms with Gasteiger partial charge in [-0.05, 0) is 163 Å². The summed E-state index contributed by atoms with van der Waals surface area (Å²) in [6.07, 6.45) is 10.5. The second-order valence-electron chi connectivity index (χ2n) is 21.9. The number of hydrogen-bond acceptors (Lipinski definition) is 19. The quantitative estimate of drug-likeness (QED) is 0.0531. The molecule has 9 heterocycles. The Morgan fingerprint density at radius 2 is 0.765 bits per heavy atom. The molecular formula is C73H63Cl3N18O4. The van der Waals surface area contributed by atoms with Crippen LogP contribution in [0.15, 0.2) is 165 Å². The van der Waals surface area contributed by atoms with Gasteiger partial charge in [-0.3, -0.25) is 39.5 Å². The minimum atomic E-state index is -0.999. The Kier molecular flexibility index (Phi) is 24.4. The first kappa shape index (κ1) is 71.7. The van der Waals surface area contributed by atoms with Gasteiger partial charge in [0.1, 0.15) is 35.7 Å². The zero-order valence-electron chi connectivity index (χ0n) is 52.3. The monoisotopic (exact) mass is 1360 g/mol. The summed E-state index contributed by atoms with van der Waals surface area (Å²) < 4.78 is 0. The fraction of sp³-hybridized carbons (Fsp3) is 0.137. The largest absolute Gasteiger partial charge is 0.478 e. The normalized spacial score (nSPS) is 10.4. The highest BCUT2D eigenvalue weighted by Crippen LogP contribution is 2.27. The van der Waals surface area contributed by atoms with Crippen molar-refractivity contribution in [2.45, 2.75) is 67.1 Å². The maximum Gasteiger partial charge on any atom is 0.335 e. The summed E-state index contributed by atoms with van der Waals surface area (Å²) >= 11 is 18.1. The van der Waals surface area contributed by atoms with Gasteiger partial charge in [0.15, 0.2) is 0 Å². The average Bonchev–Trinajstić information content (AvgIpc) is 0.813. The summed E-state index contributed by atoms with van der Waals surface area (Å²) in [6, 6.07) is 43.4. The molecule has 12 aromatic rings. The molecule has 0 bridgehead atoms. The van der Waals surface area contributed by atoms with E-state index < -0.39 is 5.97 Å². The number of fused-ring (bicyclic) bond motifs is 3. The Morgan fingerprint density at radius 3 is 1.07 bits per heavy atom. The Hall–Kier alpha value is -12.1. The van der Waals surface area contributed by atoms with Crippen LogP contribution in [-0.2, 0) is 38.9 Å². The van der Waals surface area contributed by atoms with Crippen molar-refractivity contribution in [2.24, 2.45) is 5.73 Å². The standard InChI is InChI=1S/2C24H19ClN6O.C17H10ClN3O2.C7H11N3.CH4/c2*1-14-17(2-3-22(27)31-14)12-30-24(32)16-4-5-28-21(10-16)8-15-6-18-9-20(25)13-29-23(18)19(7-15)11-26;18-14-6-12-3-10(4-13(8-19)16(12)21-9-14)5-15-7-11(17(22)23)1-2-20-15;1-5-6(4-8)2-3-7(9)10-5;/h2*2-7,9-10,13H,8,12H2,1H3,(H2,27,31)(H,30,32);1-4,6-7,9H,5H2,(H,22,23);2-3H,4,8H2,1H3,(H2,9,10);1H4. The number of aromatic nitrogens is 9. The van der Waals surface area contributed by atoms with Gasteiger partial charge in [-0.1, -0.05) is 60.4 Å². The number of hydrogen-bond donors (Lipinski definition) is 7. The molecule has 0 saturated carbocycles. The number of nitrogens with one attached hydrogen (secondary N) is 2. The number of carbonyl (C=O) groups is 3. The van der Waals surface area contributed by atoms with E-state index in [9.17, 15) is 30.2 Å². The molecule has 0 aliphatic rings. The van der Waals surface area contributed by atoms with E-state index in [0.717, 1.165) is 66.6 Å². The minimum Gasteiger partial charge on any atom is -0.478 e. The topological polar surface area (TPSA) is 387 Å². The first-order chi connectivity index (χ1) is 46.6. The number of anilines is 3. The predicted octanol–water partition coefficient (Wildman–Crippen LogP) is 12.4. The highest BCUT2D eigenvalue weighted by Gasteiger charge is 2.15. The molecule has 98 heavy (non-hydrogen) atoms. The molecule has 2 amide bonds. The lowest BCUT2D eigenvalue weighted by Gasteiger charge is -2.09. The van der Waals surface area contributed by atoms with Gasteiger partial charge in [0, 0.05) is 138 Å². The molecule has 0 aliphatic heterocycles. The number of carboxylic acids is 1. The lowest BCUT2D eigenvalue weighted by atomic mass is 10.0. The fourth-order valence-electron chi connectivity index (χ4n) is 10.2. The highest BCUT2D eigenvalue weighted by molar-refractivity contribution is 6.31. The van der Waals surface area contributed by atoms with E-state index in [0.29, 0.717) is 133 Å². The number of benzene rings is 3. The van der Waals surface area contributed by atoms with E-state index >= 15 is 0 Å². The van der Waals surface area contributed by atoms with Crippen LogP contribution in [0.1, 0.15) is 123 Å². The van der Waals surface area contributed by atoms with E-state index in [-0.39, 0.29) is 24.8 Å². The molecule has 0 saturated heterocycles. The predicted molar refractivity (Wildman–Crippen MR) is 380 cm³/mol. The van der Waals surface area contributed by atoms with Gasteiger partial charge in [0.05, 0.1) is 53.9 Å². The van der Waals surface area contributed by atoms with Crippen LogP contribution in [0.25, 0.3) is 32.7 Å². The van der Waals surface area contributed by atoms with E-state index in [4.69, 9.17) is 62.8 Å². The van der Waals surface area contributed by atoms with E-state index in [1.165, 1.54) is 36.9 Å². The maximum absolute atomic E-state index is 12.7. The molecule has 9 aromatic heterocycles. The number of rotatable bonds is 14. The molecule has 22 nitrogen and oxygen atoms in total. The Balaban J connectivity index is 0.000000176. The number of aromatic carboxylic acids is 1. The number of amides is 2. The number of carbonyl (C=O) groups excluding carboxylic acids is 2. The molecule has 11 N–H and O–H groups in total. The summed E-state index contributed by atoms with van der Waals surface area (Å²) in [5.41, 5.74) is 36.5. The molecule has 490 valence electrons. The third kappa shape index (κ3) is 19.1. The van der Waals surface area contributed by atoms with Crippen molar-refractivity contribution in [3.8, 4) is 18.2 Å². The lowest BCUT2D eigenvalue weighted by Crippen LogP contribution is -2.23. The van der Waals surface area contributed by atoms with Crippen molar-refractivity contribution >= 4 is 103 Å². The number of nitrogen functional groups attached to an aromatic ring is 3. The van der Waals surface area contributed by atoms with Crippen LogP contribution in [-0.4, -0.2) is 67.7 Å². The summed E-state index contributed by atoms with van der Waals surface area (Å²) in [5.74, 6) is 0.0232. The molecule has 0 atom stereocenters. The van der Waals surface area contributed by atoms with E-state index in [1.807, 2.05) is 57.2 Å². The molecule has 3 aromatic carbocycles. The highest BCUT2D eigenvalue weighted by atomic mass is 35.5. The molecular weight excluding hydrogens is 1300 g/mol. The third-order valence-electron chi connectivity index (χ3n) is 14.9. The minimum absolute atomic E-state index is 0. The second kappa shape index (κ2) is 33.3. The van der Waals surface area contributed by atoms with Crippen molar-refractivity contribution in [1.29, 1.82) is 15.8 Å². The number of nitriles is 3. The van der Waals surface area contributed by atoms with Crippen LogP contribution >= 0.6 is 34.8 Å². The van der Waals surface area contributed by atoms with Crippen molar-refractivity contribution in [3.05, 3.63) is 281 Å². The van der Waals surface area contributed by atoms with Gasteiger partial charge in [-0.2, -0.15) is 15.8 Å². The number of nitrogens with zero attached hydrogens (tertiary/aromatic N) is 12. The first-order valence-corrected chi connectivity index (χ1v) is 30.7. The summed E-state index contributed by atoms with van der Waals surface area (Å²) in [6.45, 7) is 6.82. The van der Waals surface area contributed by atoms with E-state index in [2.05, 4.69) is 73.7 Å². The van der Waals surface area contributed by atoms with Crippen LogP contribution in [0.4, 0.5) is 17.5 Å².